The molecular formula is C31H36ClFO9S. The van der Waals surface area contributed by atoms with Crippen LogP contribution in [0.4, 0.5) is 9.18 Å². The number of halogens is 2. The fourth-order valence-electron chi connectivity index (χ4n) is 8.28. The predicted octanol–water partition coefficient (Wildman–Crippen LogP) is 5.14. The zero-order valence-electron chi connectivity index (χ0n) is 24.3. The Morgan fingerprint density at radius 3 is 2.56 bits per heavy atom. The Bertz CT molecular complexity index is 1470. The van der Waals surface area contributed by atoms with Gasteiger partial charge in [-0.3, -0.25) is 13.8 Å². The lowest BCUT2D eigenvalue weighted by Gasteiger charge is -2.60. The van der Waals surface area contributed by atoms with Gasteiger partial charge >= 0.3 is 6.16 Å². The number of ketones is 2. The fourth-order valence-corrected chi connectivity index (χ4v) is 9.27. The summed E-state index contributed by atoms with van der Waals surface area (Å²) in [5.74, 6) is -2.35. The minimum atomic E-state index is -4.37. The van der Waals surface area contributed by atoms with Gasteiger partial charge in [0.2, 0.25) is 5.78 Å². The molecule has 3 saturated carbocycles. The standard InChI is InChI=1S/C31H36ClFO9S/c1-4-13-40-28(37)42-31(26(36)17-41-43(38,39)20-7-5-18(32)6-8-20)12-10-22-21-15-24(33)23-14-19(34)9-11-29(23,2)27(21)25(35)16-30(22,31)3/h5-9,11,14,21-22,24-25,27,35H,4,10,12-13,15-17H2,1-3H3/t21-,22-,24-,25?,27+,29-,30-,31-/m0/s1. The summed E-state index contributed by atoms with van der Waals surface area (Å²) in [5.41, 5.74) is -3.67. The van der Waals surface area contributed by atoms with Gasteiger partial charge in [-0.1, -0.05) is 38.4 Å². The van der Waals surface area contributed by atoms with Gasteiger partial charge in [-0.25, -0.2) is 9.18 Å². The van der Waals surface area contributed by atoms with Crippen LogP contribution in [0.1, 0.15) is 52.9 Å². The van der Waals surface area contributed by atoms with Crippen molar-refractivity contribution in [2.75, 3.05) is 13.2 Å². The molecule has 0 saturated heterocycles. The number of ether oxygens (including phenoxy) is 2. The number of carbonyl (C=O) groups is 3. The van der Waals surface area contributed by atoms with Crippen LogP contribution in [0.2, 0.25) is 5.02 Å². The highest BCUT2D eigenvalue weighted by Crippen LogP contribution is 2.68. The van der Waals surface area contributed by atoms with Crippen LogP contribution in [0.25, 0.3) is 0 Å². The molecule has 1 aromatic rings. The van der Waals surface area contributed by atoms with E-state index in [4.69, 9.17) is 25.3 Å². The number of aliphatic hydroxyl groups excluding tert-OH is 1. The number of aliphatic hydroxyl groups is 1. The number of benzene rings is 1. The van der Waals surface area contributed by atoms with Crippen molar-refractivity contribution in [3.8, 4) is 0 Å². The first-order chi connectivity index (χ1) is 20.2. The van der Waals surface area contributed by atoms with Gasteiger partial charge in [0.25, 0.3) is 10.1 Å². The maximum atomic E-state index is 15.8. The molecule has 0 radical (unpaired) electrons. The van der Waals surface area contributed by atoms with E-state index in [0.717, 1.165) is 0 Å². The number of hydrogen-bond acceptors (Lipinski definition) is 9. The highest BCUT2D eigenvalue weighted by Gasteiger charge is 2.71. The van der Waals surface area contributed by atoms with E-state index in [-0.39, 0.29) is 42.5 Å². The first kappa shape index (κ1) is 31.8. The number of hydrogen-bond donors (Lipinski definition) is 1. The molecule has 3 fully saturated rings. The lowest BCUT2D eigenvalue weighted by atomic mass is 9.46. The molecule has 9 nitrogen and oxygen atoms in total. The molecule has 1 unspecified atom stereocenters. The molecule has 1 aromatic carbocycles. The minimum Gasteiger partial charge on any atom is -0.434 e. The van der Waals surface area contributed by atoms with Crippen LogP contribution in [-0.4, -0.2) is 62.3 Å². The third-order valence-electron chi connectivity index (χ3n) is 10.2. The summed E-state index contributed by atoms with van der Waals surface area (Å²) in [4.78, 5) is 38.9. The van der Waals surface area contributed by atoms with Crippen LogP contribution >= 0.6 is 11.6 Å². The quantitative estimate of drug-likeness (QED) is 0.303. The number of Topliss-reactive ketones (excluding diaryl/α,β-unsaturated/α-hetero) is 1. The van der Waals surface area contributed by atoms with E-state index < -0.39 is 69.2 Å². The third-order valence-corrected chi connectivity index (χ3v) is 11.7. The van der Waals surface area contributed by atoms with E-state index in [0.29, 0.717) is 23.4 Å². The Balaban J connectivity index is 1.49. The van der Waals surface area contributed by atoms with Gasteiger partial charge in [0.05, 0.1) is 17.6 Å². The summed E-state index contributed by atoms with van der Waals surface area (Å²) in [6, 6.07) is 5.23. The molecule has 8 atom stereocenters. The molecule has 5 rings (SSSR count). The molecule has 0 amide bonds. The van der Waals surface area contributed by atoms with Crippen LogP contribution in [0, 0.1) is 28.6 Å². The van der Waals surface area contributed by atoms with E-state index in [1.165, 1.54) is 36.4 Å². The Hall–Kier alpha value is -2.60. The minimum absolute atomic E-state index is 0.0111. The summed E-state index contributed by atoms with van der Waals surface area (Å²) in [7, 11) is -4.37. The van der Waals surface area contributed by atoms with E-state index >= 15 is 4.39 Å². The van der Waals surface area contributed by atoms with Crippen molar-refractivity contribution >= 4 is 39.4 Å². The first-order valence-electron chi connectivity index (χ1n) is 14.5. The fraction of sp³-hybridized carbons (Fsp3) is 0.581. The van der Waals surface area contributed by atoms with Gasteiger partial charge in [0.1, 0.15) is 12.8 Å². The third kappa shape index (κ3) is 5.26. The average molecular weight is 639 g/mol. The van der Waals surface area contributed by atoms with Gasteiger partial charge in [-0.15, -0.1) is 0 Å². The van der Waals surface area contributed by atoms with Crippen LogP contribution in [0.3, 0.4) is 0 Å². The lowest BCUT2D eigenvalue weighted by Crippen LogP contribution is -2.64. The van der Waals surface area contributed by atoms with Crippen molar-refractivity contribution in [1.82, 2.24) is 0 Å². The summed E-state index contributed by atoms with van der Waals surface area (Å²) < 4.78 is 57.7. The molecule has 0 bridgehead atoms. The zero-order chi connectivity index (χ0) is 31.4. The molecule has 0 heterocycles. The Morgan fingerprint density at radius 2 is 1.88 bits per heavy atom. The second-order valence-electron chi connectivity index (χ2n) is 12.5. The van der Waals surface area contributed by atoms with Crippen molar-refractivity contribution in [3.63, 3.8) is 0 Å². The molecule has 0 aliphatic heterocycles. The summed E-state index contributed by atoms with van der Waals surface area (Å²) in [6.07, 6.45) is 1.70. The van der Waals surface area contributed by atoms with Crippen molar-refractivity contribution in [3.05, 3.63) is 53.1 Å². The van der Waals surface area contributed by atoms with E-state index in [9.17, 15) is 27.9 Å². The maximum absolute atomic E-state index is 15.8. The maximum Gasteiger partial charge on any atom is 0.509 e. The second kappa shape index (κ2) is 11.4. The lowest BCUT2D eigenvalue weighted by molar-refractivity contribution is -0.185. The molecule has 0 aromatic heterocycles. The largest absolute Gasteiger partial charge is 0.509 e. The van der Waals surface area contributed by atoms with Crippen molar-refractivity contribution < 1.29 is 46.0 Å². The van der Waals surface area contributed by atoms with Crippen LogP contribution in [-0.2, 0) is 33.4 Å². The molecule has 4 aliphatic carbocycles. The van der Waals surface area contributed by atoms with Crippen LogP contribution < -0.4 is 0 Å². The summed E-state index contributed by atoms with van der Waals surface area (Å²) in [6.45, 7) is 4.45. The Labute approximate surface area is 255 Å². The molecular weight excluding hydrogens is 603 g/mol. The molecule has 4 aliphatic rings. The number of fused-ring (bicyclic) bond motifs is 5. The smallest absolute Gasteiger partial charge is 0.434 e. The topological polar surface area (TPSA) is 133 Å². The molecule has 234 valence electrons. The highest BCUT2D eigenvalue weighted by molar-refractivity contribution is 7.86. The first-order valence-corrected chi connectivity index (χ1v) is 16.3. The SMILES string of the molecule is CCCOC(=O)O[C@]1(C(=O)COS(=O)(=O)c2ccc(Cl)cc2)CC[C@H]2[C@@H]3C[C@H](F)C4=CC(=O)C=C[C@]4(C)[C@H]3C(O)C[C@@]21C. The monoisotopic (exact) mass is 638 g/mol. The van der Waals surface area contributed by atoms with Crippen molar-refractivity contribution in [2.24, 2.45) is 28.6 Å². The van der Waals surface area contributed by atoms with Crippen LogP contribution in [0.15, 0.2) is 53.0 Å². The van der Waals surface area contributed by atoms with Gasteiger partial charge in [0.15, 0.2) is 11.4 Å². The van der Waals surface area contributed by atoms with Gasteiger partial charge in [-0.2, -0.15) is 8.42 Å². The van der Waals surface area contributed by atoms with E-state index in [1.807, 2.05) is 6.92 Å². The van der Waals surface area contributed by atoms with Gasteiger partial charge in [0, 0.05) is 21.8 Å². The predicted molar refractivity (Wildman–Crippen MR) is 153 cm³/mol. The van der Waals surface area contributed by atoms with E-state index in [1.54, 1.807) is 19.9 Å². The number of rotatable bonds is 8. The zero-order valence-corrected chi connectivity index (χ0v) is 25.8. The number of carbonyl (C=O) groups excluding carboxylic acids is 3. The molecule has 12 heteroatoms. The Morgan fingerprint density at radius 1 is 1.19 bits per heavy atom. The number of allylic oxidation sites excluding steroid dienone is 4. The average Bonchev–Trinajstić information content (AvgIpc) is 3.23. The van der Waals surface area contributed by atoms with Crippen molar-refractivity contribution in [2.45, 2.75) is 75.6 Å². The molecule has 1 N–H and O–H groups in total. The highest BCUT2D eigenvalue weighted by atomic mass is 35.5. The Kier molecular flexibility index (Phi) is 8.43. The summed E-state index contributed by atoms with van der Waals surface area (Å²) in [5, 5.41) is 12.0. The molecule has 0 spiro atoms. The van der Waals surface area contributed by atoms with Gasteiger partial charge in [-0.05, 0) is 85.9 Å². The normalized spacial score (nSPS) is 36.7. The summed E-state index contributed by atoms with van der Waals surface area (Å²) >= 11 is 5.86. The molecule has 43 heavy (non-hydrogen) atoms. The van der Waals surface area contributed by atoms with Gasteiger partial charge < -0.3 is 14.6 Å². The number of alkyl halides is 1. The van der Waals surface area contributed by atoms with Crippen LogP contribution in [0.5, 0.6) is 0 Å². The second-order valence-corrected chi connectivity index (χ2v) is 14.5. The van der Waals surface area contributed by atoms with Crippen molar-refractivity contribution in [1.29, 1.82) is 0 Å². The van der Waals surface area contributed by atoms with E-state index in [2.05, 4.69) is 0 Å².